The number of hydrogen-bond acceptors (Lipinski definition) is 3. The molecule has 3 saturated heterocycles. The van der Waals surface area contributed by atoms with Gasteiger partial charge in [-0.3, -0.25) is 9.59 Å². The maximum Gasteiger partial charge on any atom is 0.256 e. The molecule has 3 aliphatic rings. The minimum Gasteiger partial charge on any atom is -0.367 e. The molecule has 0 aliphatic carbocycles. The Bertz CT molecular complexity index is 750. The van der Waals surface area contributed by atoms with Crippen LogP contribution in [0.1, 0.15) is 64.0 Å². The minimum absolute atomic E-state index is 0.0663. The molecule has 0 radical (unpaired) electrons. The molecule has 0 spiro atoms. The highest BCUT2D eigenvalue weighted by molar-refractivity contribution is 5.83. The molecule has 5 atom stereocenters. The molecule has 164 valence electrons. The Morgan fingerprint density at radius 3 is 2.60 bits per heavy atom. The van der Waals surface area contributed by atoms with Gasteiger partial charge in [-0.2, -0.15) is 0 Å². The van der Waals surface area contributed by atoms with Crippen LogP contribution in [0.2, 0.25) is 0 Å². The van der Waals surface area contributed by atoms with Crippen molar-refractivity contribution in [3.05, 3.63) is 35.9 Å². The van der Waals surface area contributed by atoms with Crippen molar-refractivity contribution in [2.45, 2.75) is 70.6 Å². The number of piperidine rings is 3. The van der Waals surface area contributed by atoms with Gasteiger partial charge in [0.05, 0.1) is 0 Å². The first kappa shape index (κ1) is 21.4. The first-order chi connectivity index (χ1) is 14.5. The van der Waals surface area contributed by atoms with Crippen molar-refractivity contribution in [3.63, 3.8) is 0 Å². The van der Waals surface area contributed by atoms with Crippen molar-refractivity contribution in [1.29, 1.82) is 0 Å². The standard InChI is InChI=1S/C25H36N2O3/c1-17(2)12-13-22-20-14-19(21-10-7-11-23(28)27(21)22)15-26(16-20)25(29)24(30-3)18-8-5-4-6-9-18/h4-6,8-9,17,19-22,24H,7,10-16H2,1-3H3/t19-,20+,21+,22+,24-/m1/s1. The fraction of sp³-hybridized carbons (Fsp3) is 0.680. The first-order valence-corrected chi connectivity index (χ1v) is 11.7. The van der Waals surface area contributed by atoms with Crippen molar-refractivity contribution in [3.8, 4) is 0 Å². The average Bonchev–Trinajstić information content (AvgIpc) is 2.75. The molecule has 4 rings (SSSR count). The summed E-state index contributed by atoms with van der Waals surface area (Å²) >= 11 is 0. The fourth-order valence-electron chi connectivity index (χ4n) is 6.00. The summed E-state index contributed by atoms with van der Waals surface area (Å²) in [5.74, 6) is 1.79. The third kappa shape index (κ3) is 4.14. The van der Waals surface area contributed by atoms with Crippen LogP contribution in [-0.2, 0) is 14.3 Å². The Hall–Kier alpha value is -1.88. The molecular weight excluding hydrogens is 376 g/mol. The molecule has 5 heteroatoms. The molecule has 0 unspecified atom stereocenters. The van der Waals surface area contributed by atoms with E-state index in [0.29, 0.717) is 36.1 Å². The van der Waals surface area contributed by atoms with E-state index < -0.39 is 6.10 Å². The molecule has 2 bridgehead atoms. The van der Waals surface area contributed by atoms with Gasteiger partial charge in [0.15, 0.2) is 6.10 Å². The molecule has 3 aliphatic heterocycles. The van der Waals surface area contributed by atoms with E-state index in [4.69, 9.17) is 4.74 Å². The van der Waals surface area contributed by atoms with E-state index in [1.165, 1.54) is 0 Å². The SMILES string of the molecule is CO[C@@H](C(=O)N1C[C@H]2C[C@@H](C1)[C@H](CCC(C)C)N1C(=O)CCC[C@@H]21)c1ccccc1. The van der Waals surface area contributed by atoms with E-state index >= 15 is 0 Å². The molecule has 0 aromatic heterocycles. The van der Waals surface area contributed by atoms with E-state index in [9.17, 15) is 9.59 Å². The number of methoxy groups -OCH3 is 1. The average molecular weight is 413 g/mol. The Morgan fingerprint density at radius 1 is 1.17 bits per heavy atom. The van der Waals surface area contributed by atoms with Crippen molar-refractivity contribution in [2.75, 3.05) is 20.2 Å². The summed E-state index contributed by atoms with van der Waals surface area (Å²) < 4.78 is 5.65. The van der Waals surface area contributed by atoms with Gasteiger partial charge in [0, 0.05) is 38.7 Å². The van der Waals surface area contributed by atoms with Crippen LogP contribution in [0.25, 0.3) is 0 Å². The van der Waals surface area contributed by atoms with Crippen LogP contribution in [-0.4, -0.2) is 53.9 Å². The molecule has 0 saturated carbocycles. The van der Waals surface area contributed by atoms with Crippen LogP contribution < -0.4 is 0 Å². The number of fused-ring (bicyclic) bond motifs is 4. The molecule has 1 aromatic rings. The lowest BCUT2D eigenvalue weighted by atomic mass is 9.70. The highest BCUT2D eigenvalue weighted by atomic mass is 16.5. The summed E-state index contributed by atoms with van der Waals surface area (Å²) in [5, 5.41) is 0. The summed E-state index contributed by atoms with van der Waals surface area (Å²) in [6.45, 7) is 5.98. The number of carbonyl (C=O) groups is 2. The van der Waals surface area contributed by atoms with Crippen LogP contribution in [0.3, 0.4) is 0 Å². The molecular formula is C25H36N2O3. The van der Waals surface area contributed by atoms with Crippen molar-refractivity contribution in [1.82, 2.24) is 9.80 Å². The number of amides is 2. The lowest BCUT2D eigenvalue weighted by Gasteiger charge is -2.57. The summed E-state index contributed by atoms with van der Waals surface area (Å²) in [6, 6.07) is 10.4. The first-order valence-electron chi connectivity index (χ1n) is 11.7. The molecule has 30 heavy (non-hydrogen) atoms. The summed E-state index contributed by atoms with van der Waals surface area (Å²) in [7, 11) is 1.62. The zero-order valence-corrected chi connectivity index (χ0v) is 18.6. The zero-order chi connectivity index (χ0) is 21.3. The van der Waals surface area contributed by atoms with Gasteiger partial charge in [-0.15, -0.1) is 0 Å². The molecule has 3 fully saturated rings. The van der Waals surface area contributed by atoms with Gasteiger partial charge in [-0.25, -0.2) is 0 Å². The molecule has 5 nitrogen and oxygen atoms in total. The Kier molecular flexibility index (Phi) is 6.47. The minimum atomic E-state index is -0.553. The van der Waals surface area contributed by atoms with Gasteiger partial charge >= 0.3 is 0 Å². The Balaban J connectivity index is 1.56. The molecule has 3 heterocycles. The fourth-order valence-corrected chi connectivity index (χ4v) is 6.00. The van der Waals surface area contributed by atoms with Crippen molar-refractivity contribution >= 4 is 11.8 Å². The van der Waals surface area contributed by atoms with E-state index in [1.54, 1.807) is 7.11 Å². The molecule has 2 amide bonds. The Morgan fingerprint density at radius 2 is 1.90 bits per heavy atom. The number of nitrogens with zero attached hydrogens (tertiary/aromatic N) is 2. The highest BCUT2D eigenvalue weighted by Gasteiger charge is 2.50. The second-order valence-corrected chi connectivity index (χ2v) is 9.82. The number of hydrogen-bond donors (Lipinski definition) is 0. The molecule has 0 N–H and O–H groups in total. The van der Waals surface area contributed by atoms with Crippen molar-refractivity contribution in [2.24, 2.45) is 17.8 Å². The zero-order valence-electron chi connectivity index (χ0n) is 18.6. The smallest absolute Gasteiger partial charge is 0.256 e. The van der Waals surface area contributed by atoms with Crippen LogP contribution in [0.4, 0.5) is 0 Å². The normalized spacial score (nSPS) is 29.7. The summed E-state index contributed by atoms with van der Waals surface area (Å²) in [4.78, 5) is 30.7. The van der Waals surface area contributed by atoms with E-state index in [2.05, 4.69) is 18.7 Å². The monoisotopic (exact) mass is 412 g/mol. The number of rotatable bonds is 6. The number of carbonyl (C=O) groups excluding carboxylic acids is 2. The maximum absolute atomic E-state index is 13.5. The van der Waals surface area contributed by atoms with Gasteiger partial charge < -0.3 is 14.5 Å². The lowest BCUT2D eigenvalue weighted by Crippen LogP contribution is -2.65. The lowest BCUT2D eigenvalue weighted by molar-refractivity contribution is -0.160. The largest absolute Gasteiger partial charge is 0.367 e. The Labute approximate surface area is 180 Å². The second-order valence-electron chi connectivity index (χ2n) is 9.82. The van der Waals surface area contributed by atoms with Gasteiger partial charge in [-0.05, 0) is 55.4 Å². The number of likely N-dealkylation sites (tertiary alicyclic amines) is 1. The van der Waals surface area contributed by atoms with Gasteiger partial charge in [0.2, 0.25) is 5.91 Å². The second kappa shape index (κ2) is 9.09. The van der Waals surface area contributed by atoms with Crippen LogP contribution in [0, 0.1) is 17.8 Å². The van der Waals surface area contributed by atoms with Gasteiger partial charge in [0.1, 0.15) is 0 Å². The van der Waals surface area contributed by atoms with Gasteiger partial charge in [0.25, 0.3) is 5.91 Å². The predicted octanol–water partition coefficient (Wildman–Crippen LogP) is 4.04. The topological polar surface area (TPSA) is 49.9 Å². The maximum atomic E-state index is 13.5. The van der Waals surface area contributed by atoms with Gasteiger partial charge in [-0.1, -0.05) is 44.2 Å². The summed E-state index contributed by atoms with van der Waals surface area (Å²) in [6.07, 6.45) is 5.52. The number of ether oxygens (including phenoxy) is 1. The summed E-state index contributed by atoms with van der Waals surface area (Å²) in [5.41, 5.74) is 0.909. The molecule has 1 aromatic carbocycles. The van der Waals surface area contributed by atoms with E-state index in [-0.39, 0.29) is 11.9 Å². The van der Waals surface area contributed by atoms with Crippen LogP contribution >= 0.6 is 0 Å². The highest BCUT2D eigenvalue weighted by Crippen LogP contribution is 2.43. The van der Waals surface area contributed by atoms with E-state index in [1.807, 2.05) is 35.2 Å². The third-order valence-corrected chi connectivity index (χ3v) is 7.41. The predicted molar refractivity (Wildman–Crippen MR) is 117 cm³/mol. The van der Waals surface area contributed by atoms with Crippen molar-refractivity contribution < 1.29 is 14.3 Å². The van der Waals surface area contributed by atoms with Crippen LogP contribution in [0.5, 0.6) is 0 Å². The quantitative estimate of drug-likeness (QED) is 0.709. The van der Waals surface area contributed by atoms with Crippen LogP contribution in [0.15, 0.2) is 30.3 Å². The third-order valence-electron chi connectivity index (χ3n) is 7.41. The van der Waals surface area contributed by atoms with E-state index in [0.717, 1.165) is 50.8 Å². The number of benzene rings is 1.